The van der Waals surface area contributed by atoms with E-state index in [4.69, 9.17) is 4.98 Å². The lowest BCUT2D eigenvalue weighted by Crippen LogP contribution is -2.25. The molecule has 118 valence electrons. The van der Waals surface area contributed by atoms with Crippen molar-refractivity contribution in [2.45, 2.75) is 71.3 Å². The van der Waals surface area contributed by atoms with Crippen LogP contribution in [-0.2, 0) is 12.8 Å². The maximum absolute atomic E-state index is 4.98. The Bertz CT molecular complexity index is 633. The molecule has 0 saturated heterocycles. The van der Waals surface area contributed by atoms with Crippen molar-refractivity contribution in [3.8, 4) is 0 Å². The van der Waals surface area contributed by atoms with Crippen molar-refractivity contribution in [3.63, 3.8) is 0 Å². The summed E-state index contributed by atoms with van der Waals surface area (Å²) in [5, 5.41) is 5.06. The van der Waals surface area contributed by atoms with Gasteiger partial charge in [0.1, 0.15) is 0 Å². The molecule has 1 aromatic carbocycles. The molecule has 1 unspecified atom stereocenters. The highest BCUT2D eigenvalue weighted by molar-refractivity contribution is 5.92. The van der Waals surface area contributed by atoms with Crippen LogP contribution >= 0.6 is 0 Å². The number of nitrogens with one attached hydrogen (secondary N) is 1. The van der Waals surface area contributed by atoms with E-state index in [-0.39, 0.29) is 0 Å². The maximum atomic E-state index is 4.98. The van der Waals surface area contributed by atoms with Gasteiger partial charge in [-0.25, -0.2) is 0 Å². The minimum absolute atomic E-state index is 0.624. The van der Waals surface area contributed by atoms with Gasteiger partial charge < -0.3 is 5.32 Å². The van der Waals surface area contributed by atoms with E-state index in [9.17, 15) is 0 Å². The number of aromatic nitrogens is 1. The Kier molecular flexibility index (Phi) is 4.97. The lowest BCUT2D eigenvalue weighted by molar-refractivity contribution is 0.558. The molecule has 22 heavy (non-hydrogen) atoms. The fourth-order valence-corrected chi connectivity index (χ4v) is 3.41. The molecule has 0 fully saturated rings. The van der Waals surface area contributed by atoms with Gasteiger partial charge in [0.2, 0.25) is 0 Å². The summed E-state index contributed by atoms with van der Waals surface area (Å²) in [5.74, 6) is 0. The molecule has 0 radical (unpaired) electrons. The van der Waals surface area contributed by atoms with Gasteiger partial charge in [0.15, 0.2) is 0 Å². The summed E-state index contributed by atoms with van der Waals surface area (Å²) in [6.45, 7) is 4.51. The molecule has 1 atom stereocenters. The quantitative estimate of drug-likeness (QED) is 0.762. The van der Waals surface area contributed by atoms with Gasteiger partial charge in [0, 0.05) is 17.1 Å². The van der Waals surface area contributed by atoms with E-state index in [0.717, 1.165) is 6.42 Å². The number of rotatable bonds is 6. The Balaban J connectivity index is 1.91. The molecule has 1 N–H and O–H groups in total. The first-order valence-electron chi connectivity index (χ1n) is 9.00. The number of aryl methyl sites for hydroxylation is 2. The Morgan fingerprint density at radius 2 is 1.91 bits per heavy atom. The molecule has 0 spiro atoms. The van der Waals surface area contributed by atoms with Crippen LogP contribution in [0.4, 0.5) is 5.69 Å². The minimum atomic E-state index is 0.624. The number of anilines is 1. The van der Waals surface area contributed by atoms with Crippen molar-refractivity contribution in [2.75, 3.05) is 5.32 Å². The van der Waals surface area contributed by atoms with Crippen molar-refractivity contribution >= 4 is 16.6 Å². The number of hydrogen-bond acceptors (Lipinski definition) is 2. The van der Waals surface area contributed by atoms with Crippen LogP contribution in [-0.4, -0.2) is 11.0 Å². The van der Waals surface area contributed by atoms with Crippen molar-refractivity contribution in [3.05, 3.63) is 35.5 Å². The van der Waals surface area contributed by atoms with Gasteiger partial charge >= 0.3 is 0 Å². The highest BCUT2D eigenvalue weighted by Gasteiger charge is 2.19. The van der Waals surface area contributed by atoms with Gasteiger partial charge in [-0.2, -0.15) is 0 Å². The van der Waals surface area contributed by atoms with Crippen molar-refractivity contribution in [1.82, 2.24) is 4.98 Å². The summed E-state index contributed by atoms with van der Waals surface area (Å²) in [5.41, 5.74) is 5.18. The SMILES string of the molecule is CCCCc1ccc2ccc3c(c2n1)NC(CCCC)CC3. The zero-order valence-electron chi connectivity index (χ0n) is 14.0. The third-order valence-corrected chi connectivity index (χ3v) is 4.81. The molecule has 1 aliphatic heterocycles. The number of hydrogen-bond donors (Lipinski definition) is 1. The first-order chi connectivity index (χ1) is 10.8. The second kappa shape index (κ2) is 7.13. The van der Waals surface area contributed by atoms with Crippen LogP contribution in [0.1, 0.15) is 63.6 Å². The van der Waals surface area contributed by atoms with E-state index in [1.54, 1.807) is 0 Å². The summed E-state index contributed by atoms with van der Waals surface area (Å²) in [7, 11) is 0. The lowest BCUT2D eigenvalue weighted by Gasteiger charge is -2.28. The molecule has 2 heteroatoms. The van der Waals surface area contributed by atoms with Gasteiger partial charge in [-0.15, -0.1) is 0 Å². The van der Waals surface area contributed by atoms with Gasteiger partial charge in [-0.05, 0) is 43.7 Å². The lowest BCUT2D eigenvalue weighted by atomic mass is 9.93. The Labute approximate surface area is 134 Å². The molecule has 0 bridgehead atoms. The predicted molar refractivity (Wildman–Crippen MR) is 95.6 cm³/mol. The summed E-state index contributed by atoms with van der Waals surface area (Å²) in [6, 6.07) is 9.58. The number of benzene rings is 1. The molecule has 1 aromatic heterocycles. The summed E-state index contributed by atoms with van der Waals surface area (Å²) in [4.78, 5) is 4.98. The van der Waals surface area contributed by atoms with Crippen molar-refractivity contribution < 1.29 is 0 Å². The van der Waals surface area contributed by atoms with Gasteiger partial charge in [-0.3, -0.25) is 4.98 Å². The summed E-state index contributed by atoms with van der Waals surface area (Å²) in [6.07, 6.45) is 9.86. The van der Waals surface area contributed by atoms with Gasteiger partial charge in [0.05, 0.1) is 11.2 Å². The smallest absolute Gasteiger partial charge is 0.0939 e. The van der Waals surface area contributed by atoms with E-state index in [2.05, 4.69) is 43.4 Å². The van der Waals surface area contributed by atoms with E-state index >= 15 is 0 Å². The average molecular weight is 296 g/mol. The molecule has 0 amide bonds. The zero-order valence-corrected chi connectivity index (χ0v) is 14.0. The average Bonchev–Trinajstić information content (AvgIpc) is 2.57. The molecule has 0 aliphatic carbocycles. The number of pyridine rings is 1. The molecule has 0 saturated carbocycles. The van der Waals surface area contributed by atoms with E-state index in [1.165, 1.54) is 72.8 Å². The number of fused-ring (bicyclic) bond motifs is 3. The van der Waals surface area contributed by atoms with E-state index in [0.29, 0.717) is 6.04 Å². The summed E-state index contributed by atoms with van der Waals surface area (Å²) < 4.78 is 0. The first kappa shape index (κ1) is 15.3. The van der Waals surface area contributed by atoms with Crippen LogP contribution in [0, 0.1) is 0 Å². The normalized spacial score (nSPS) is 17.3. The van der Waals surface area contributed by atoms with E-state index < -0.39 is 0 Å². The van der Waals surface area contributed by atoms with Crippen molar-refractivity contribution in [2.24, 2.45) is 0 Å². The molecule has 1 aliphatic rings. The van der Waals surface area contributed by atoms with E-state index in [1.807, 2.05) is 0 Å². The van der Waals surface area contributed by atoms with Crippen LogP contribution in [0.5, 0.6) is 0 Å². The highest BCUT2D eigenvalue weighted by atomic mass is 14.9. The molecule has 3 rings (SSSR count). The molecular formula is C20H28N2. The van der Waals surface area contributed by atoms with Crippen LogP contribution in [0.15, 0.2) is 24.3 Å². The maximum Gasteiger partial charge on any atom is 0.0939 e. The monoisotopic (exact) mass is 296 g/mol. The van der Waals surface area contributed by atoms with Crippen LogP contribution in [0.2, 0.25) is 0 Å². The molecule has 2 nitrogen and oxygen atoms in total. The molecule has 2 heterocycles. The summed E-state index contributed by atoms with van der Waals surface area (Å²) >= 11 is 0. The number of unbranched alkanes of at least 4 members (excludes halogenated alkanes) is 2. The third kappa shape index (κ3) is 3.26. The second-order valence-corrected chi connectivity index (χ2v) is 6.60. The van der Waals surface area contributed by atoms with Gasteiger partial charge in [-0.1, -0.05) is 51.3 Å². The predicted octanol–water partition coefficient (Wildman–Crippen LogP) is 5.49. The van der Waals surface area contributed by atoms with Gasteiger partial charge in [0.25, 0.3) is 0 Å². The minimum Gasteiger partial charge on any atom is -0.380 e. The molecular weight excluding hydrogens is 268 g/mol. The molecule has 2 aromatic rings. The third-order valence-electron chi connectivity index (χ3n) is 4.81. The van der Waals surface area contributed by atoms with Crippen LogP contribution < -0.4 is 5.32 Å². The van der Waals surface area contributed by atoms with Crippen LogP contribution in [0.3, 0.4) is 0 Å². The first-order valence-corrected chi connectivity index (χ1v) is 9.00. The zero-order chi connectivity index (χ0) is 15.4. The van der Waals surface area contributed by atoms with Crippen LogP contribution in [0.25, 0.3) is 10.9 Å². The Morgan fingerprint density at radius 1 is 1.09 bits per heavy atom. The number of nitrogens with zero attached hydrogens (tertiary/aromatic N) is 1. The topological polar surface area (TPSA) is 24.9 Å². The fourth-order valence-electron chi connectivity index (χ4n) is 3.41. The van der Waals surface area contributed by atoms with Crippen molar-refractivity contribution in [1.29, 1.82) is 0 Å². The Hall–Kier alpha value is -1.57. The highest BCUT2D eigenvalue weighted by Crippen LogP contribution is 2.33. The largest absolute Gasteiger partial charge is 0.380 e. The Morgan fingerprint density at radius 3 is 2.73 bits per heavy atom. The fraction of sp³-hybridized carbons (Fsp3) is 0.550. The standard InChI is InChI=1S/C20H28N2/c1-3-5-7-17-13-11-15-9-10-16-12-14-18(8-6-4-2)22-20(16)19(15)21-17/h9-11,13,18,22H,3-8,12,14H2,1-2H3. The second-order valence-electron chi connectivity index (χ2n) is 6.60.